The van der Waals surface area contributed by atoms with Crippen molar-refractivity contribution in [2.45, 2.75) is 6.61 Å². The molecular weight excluding hydrogens is 390 g/mol. The summed E-state index contributed by atoms with van der Waals surface area (Å²) in [6, 6.07) is 13.6. The van der Waals surface area contributed by atoms with E-state index >= 15 is 0 Å². The lowest BCUT2D eigenvalue weighted by Gasteiger charge is -2.09. The van der Waals surface area contributed by atoms with Gasteiger partial charge >= 0.3 is 0 Å². The van der Waals surface area contributed by atoms with E-state index in [1.807, 2.05) is 42.5 Å². The van der Waals surface area contributed by atoms with Crippen LogP contribution in [0.15, 0.2) is 51.4 Å². The number of benzene rings is 2. The van der Waals surface area contributed by atoms with Gasteiger partial charge in [-0.05, 0) is 51.8 Å². The van der Waals surface area contributed by atoms with Crippen molar-refractivity contribution >= 4 is 49.1 Å². The minimum atomic E-state index is 0.366. The zero-order chi connectivity index (χ0) is 13.8. The van der Waals surface area contributed by atoms with E-state index in [9.17, 15) is 0 Å². The van der Waals surface area contributed by atoms with E-state index in [2.05, 4.69) is 31.9 Å². The third-order valence-corrected chi connectivity index (χ3v) is 3.87. The Hall–Kier alpha value is -0.910. The fourth-order valence-electron chi connectivity index (χ4n) is 1.58. The Kier molecular flexibility index (Phi) is 4.96. The molecule has 0 spiro atoms. The Morgan fingerprint density at radius 1 is 1.16 bits per heavy atom. The van der Waals surface area contributed by atoms with Crippen LogP contribution in [0, 0.1) is 0 Å². The molecule has 0 aliphatic carbocycles. The predicted octanol–water partition coefficient (Wildman–Crippen LogP) is 4.42. The molecule has 0 radical (unpaired) electrons. The number of halogens is 2. The monoisotopic (exact) mass is 399 g/mol. The minimum Gasteiger partial charge on any atom is -0.489 e. The molecule has 2 rings (SSSR count). The van der Waals surface area contributed by atoms with Crippen LogP contribution >= 0.6 is 44.1 Å². The summed E-state index contributed by atoms with van der Waals surface area (Å²) < 4.78 is 7.61. The van der Waals surface area contributed by atoms with Crippen LogP contribution < -0.4 is 10.5 Å². The summed E-state index contributed by atoms with van der Waals surface area (Å²) in [4.78, 5) is 0.366. The molecule has 0 saturated heterocycles. The van der Waals surface area contributed by atoms with Crippen LogP contribution in [0.3, 0.4) is 0 Å². The van der Waals surface area contributed by atoms with Crippen molar-refractivity contribution in [3.8, 4) is 5.75 Å². The number of hydrogen-bond acceptors (Lipinski definition) is 2. The molecule has 19 heavy (non-hydrogen) atoms. The Morgan fingerprint density at radius 3 is 2.58 bits per heavy atom. The maximum Gasteiger partial charge on any atom is 0.120 e. The molecule has 0 saturated carbocycles. The lowest BCUT2D eigenvalue weighted by atomic mass is 10.2. The average Bonchev–Trinajstić information content (AvgIpc) is 2.36. The number of thiocarbonyl (C=S) groups is 1. The number of hydrogen-bond donors (Lipinski definition) is 1. The van der Waals surface area contributed by atoms with E-state index in [0.717, 1.165) is 25.8 Å². The Balaban J connectivity index is 2.08. The second-order valence-corrected chi connectivity index (χ2v) is 6.13. The van der Waals surface area contributed by atoms with Gasteiger partial charge in [0.25, 0.3) is 0 Å². The van der Waals surface area contributed by atoms with Gasteiger partial charge in [-0.2, -0.15) is 0 Å². The van der Waals surface area contributed by atoms with Crippen molar-refractivity contribution in [2.24, 2.45) is 5.73 Å². The van der Waals surface area contributed by atoms with E-state index in [1.54, 1.807) is 0 Å². The molecule has 0 bridgehead atoms. The lowest BCUT2D eigenvalue weighted by Crippen LogP contribution is -2.10. The van der Waals surface area contributed by atoms with Crippen molar-refractivity contribution in [1.29, 1.82) is 0 Å². The number of rotatable bonds is 4. The van der Waals surface area contributed by atoms with E-state index in [4.69, 9.17) is 22.7 Å². The summed E-state index contributed by atoms with van der Waals surface area (Å²) in [7, 11) is 0. The molecule has 0 fully saturated rings. The molecule has 0 aliphatic rings. The fraction of sp³-hybridized carbons (Fsp3) is 0.0714. The predicted molar refractivity (Wildman–Crippen MR) is 88.5 cm³/mol. The van der Waals surface area contributed by atoms with Gasteiger partial charge < -0.3 is 10.5 Å². The Labute approximate surface area is 134 Å². The van der Waals surface area contributed by atoms with Gasteiger partial charge in [0.15, 0.2) is 0 Å². The summed E-state index contributed by atoms with van der Waals surface area (Å²) in [5.41, 5.74) is 7.51. The van der Waals surface area contributed by atoms with Crippen molar-refractivity contribution < 1.29 is 4.74 Å². The van der Waals surface area contributed by atoms with Gasteiger partial charge in [0, 0.05) is 14.5 Å². The second-order valence-electron chi connectivity index (χ2n) is 3.92. The molecular formula is C14H11Br2NOS. The first-order chi connectivity index (χ1) is 9.06. The standard InChI is InChI=1S/C14H11Br2NOS/c15-10-3-1-2-9(6-10)8-18-11-4-5-12(14(17)19)13(16)7-11/h1-7H,8H2,(H2,17,19). The Morgan fingerprint density at radius 2 is 1.95 bits per heavy atom. The molecule has 2 nitrogen and oxygen atoms in total. The van der Waals surface area contributed by atoms with E-state index in [-0.39, 0.29) is 0 Å². The van der Waals surface area contributed by atoms with Crippen LogP contribution in [-0.2, 0) is 6.61 Å². The highest BCUT2D eigenvalue weighted by Crippen LogP contribution is 2.24. The molecule has 98 valence electrons. The quantitative estimate of drug-likeness (QED) is 0.771. The summed E-state index contributed by atoms with van der Waals surface area (Å²) in [6.07, 6.45) is 0. The molecule has 0 aromatic heterocycles. The third kappa shape index (κ3) is 4.03. The first kappa shape index (κ1) is 14.5. The molecule has 2 N–H and O–H groups in total. The summed E-state index contributed by atoms with van der Waals surface area (Å²) in [5, 5.41) is 0. The van der Waals surface area contributed by atoms with E-state index in [1.165, 1.54) is 0 Å². The molecule has 0 unspecified atom stereocenters. The van der Waals surface area contributed by atoms with Crippen LogP contribution in [0.25, 0.3) is 0 Å². The van der Waals surface area contributed by atoms with Gasteiger partial charge in [0.1, 0.15) is 17.3 Å². The van der Waals surface area contributed by atoms with E-state index < -0.39 is 0 Å². The van der Waals surface area contributed by atoms with Crippen LogP contribution in [0.1, 0.15) is 11.1 Å². The molecule has 0 amide bonds. The molecule has 2 aromatic rings. The van der Waals surface area contributed by atoms with Crippen LogP contribution in [-0.4, -0.2) is 4.99 Å². The minimum absolute atomic E-state index is 0.366. The van der Waals surface area contributed by atoms with Crippen molar-refractivity contribution in [1.82, 2.24) is 0 Å². The van der Waals surface area contributed by atoms with Crippen LogP contribution in [0.5, 0.6) is 5.75 Å². The summed E-state index contributed by atoms with van der Waals surface area (Å²) in [5.74, 6) is 0.770. The molecule has 2 aromatic carbocycles. The smallest absolute Gasteiger partial charge is 0.120 e. The SMILES string of the molecule is NC(=S)c1ccc(OCc2cccc(Br)c2)cc1Br. The second kappa shape index (κ2) is 6.50. The van der Waals surface area contributed by atoms with Gasteiger partial charge in [0.2, 0.25) is 0 Å². The Bertz CT molecular complexity index is 616. The van der Waals surface area contributed by atoms with Crippen molar-refractivity contribution in [3.63, 3.8) is 0 Å². The molecule has 5 heteroatoms. The average molecular weight is 401 g/mol. The third-order valence-electron chi connectivity index (χ3n) is 2.50. The van der Waals surface area contributed by atoms with Gasteiger partial charge in [-0.3, -0.25) is 0 Å². The fourth-order valence-corrected chi connectivity index (χ4v) is 2.91. The van der Waals surface area contributed by atoms with Gasteiger partial charge in [-0.1, -0.05) is 40.3 Å². The van der Waals surface area contributed by atoms with Gasteiger partial charge in [-0.15, -0.1) is 0 Å². The topological polar surface area (TPSA) is 35.2 Å². The maximum absolute atomic E-state index is 5.73. The number of ether oxygens (including phenoxy) is 1. The van der Waals surface area contributed by atoms with Gasteiger partial charge in [-0.25, -0.2) is 0 Å². The summed E-state index contributed by atoms with van der Waals surface area (Å²) >= 11 is 11.8. The maximum atomic E-state index is 5.73. The zero-order valence-corrected chi connectivity index (χ0v) is 13.9. The highest BCUT2D eigenvalue weighted by atomic mass is 79.9. The van der Waals surface area contributed by atoms with Crippen LogP contribution in [0.4, 0.5) is 0 Å². The highest BCUT2D eigenvalue weighted by Gasteiger charge is 2.05. The van der Waals surface area contributed by atoms with Crippen molar-refractivity contribution in [3.05, 3.63) is 62.5 Å². The molecule has 0 aliphatic heterocycles. The number of nitrogens with two attached hydrogens (primary N) is 1. The first-order valence-electron chi connectivity index (χ1n) is 5.53. The lowest BCUT2D eigenvalue weighted by molar-refractivity contribution is 0.306. The normalized spacial score (nSPS) is 10.2. The van der Waals surface area contributed by atoms with E-state index in [0.29, 0.717) is 11.6 Å². The first-order valence-corrected chi connectivity index (χ1v) is 7.52. The molecule has 0 heterocycles. The molecule has 0 atom stereocenters. The zero-order valence-electron chi connectivity index (χ0n) is 9.90. The highest BCUT2D eigenvalue weighted by molar-refractivity contribution is 9.10. The van der Waals surface area contributed by atoms with Gasteiger partial charge in [0.05, 0.1) is 0 Å². The largest absolute Gasteiger partial charge is 0.489 e. The van der Waals surface area contributed by atoms with Crippen molar-refractivity contribution in [2.75, 3.05) is 0 Å². The van der Waals surface area contributed by atoms with Crippen LogP contribution in [0.2, 0.25) is 0 Å². The summed E-state index contributed by atoms with van der Waals surface area (Å²) in [6.45, 7) is 0.512.